The topological polar surface area (TPSA) is 47.0 Å². The first kappa shape index (κ1) is 14.1. The molecule has 112 valence electrons. The molecule has 0 saturated heterocycles. The van der Waals surface area contributed by atoms with Crippen LogP contribution in [0.25, 0.3) is 10.9 Å². The van der Waals surface area contributed by atoms with Crippen molar-refractivity contribution in [3.63, 3.8) is 0 Å². The quantitative estimate of drug-likeness (QED) is 0.785. The zero-order chi connectivity index (χ0) is 15.6. The summed E-state index contributed by atoms with van der Waals surface area (Å²) >= 11 is 0. The van der Waals surface area contributed by atoms with Crippen LogP contribution in [0.2, 0.25) is 0 Å². The summed E-state index contributed by atoms with van der Waals surface area (Å²) in [4.78, 5) is 8.29. The number of nitrogens with zero attached hydrogens (tertiary/aromatic N) is 2. The van der Waals surface area contributed by atoms with E-state index in [1.54, 1.807) is 0 Å². The predicted octanol–water partition coefficient (Wildman–Crippen LogP) is 4.27. The van der Waals surface area contributed by atoms with Crippen molar-refractivity contribution in [3.05, 3.63) is 54.9 Å². The van der Waals surface area contributed by atoms with E-state index in [-0.39, 0.29) is 5.75 Å². The van der Waals surface area contributed by atoms with Gasteiger partial charge in [0.15, 0.2) is 0 Å². The highest BCUT2D eigenvalue weighted by atomic mass is 19.4. The number of nitrogens with one attached hydrogen (secondary N) is 1. The van der Waals surface area contributed by atoms with Gasteiger partial charge in [0.05, 0.1) is 5.52 Å². The number of fused-ring (bicyclic) bond motifs is 1. The van der Waals surface area contributed by atoms with E-state index >= 15 is 0 Å². The number of alkyl halides is 3. The van der Waals surface area contributed by atoms with E-state index in [4.69, 9.17) is 0 Å². The first-order valence-corrected chi connectivity index (χ1v) is 6.34. The van der Waals surface area contributed by atoms with Gasteiger partial charge in [-0.25, -0.2) is 9.97 Å². The molecule has 1 heterocycles. The molecule has 7 heteroatoms. The number of hydrogen-bond donors (Lipinski definition) is 1. The number of benzene rings is 2. The average Bonchev–Trinajstić information content (AvgIpc) is 2.48. The lowest BCUT2D eigenvalue weighted by atomic mass is 10.2. The Bertz CT molecular complexity index is 783. The van der Waals surface area contributed by atoms with Gasteiger partial charge in [-0.05, 0) is 36.4 Å². The summed E-state index contributed by atoms with van der Waals surface area (Å²) in [5.74, 6) is 0.306. The third-order valence-electron chi connectivity index (χ3n) is 2.89. The van der Waals surface area contributed by atoms with Crippen LogP contribution in [0.3, 0.4) is 0 Å². The normalized spacial score (nSPS) is 11.4. The number of anilines is 2. The van der Waals surface area contributed by atoms with Gasteiger partial charge in [-0.3, -0.25) is 0 Å². The van der Waals surface area contributed by atoms with Gasteiger partial charge in [0.2, 0.25) is 0 Å². The summed E-state index contributed by atoms with van der Waals surface area (Å²) in [7, 11) is 0. The van der Waals surface area contributed by atoms with Crippen LogP contribution in [-0.4, -0.2) is 16.3 Å². The van der Waals surface area contributed by atoms with Gasteiger partial charge in [-0.1, -0.05) is 12.1 Å². The highest BCUT2D eigenvalue weighted by Gasteiger charge is 2.30. The van der Waals surface area contributed by atoms with Crippen LogP contribution in [0, 0.1) is 0 Å². The second-order valence-corrected chi connectivity index (χ2v) is 4.44. The Balaban J connectivity index is 1.83. The maximum absolute atomic E-state index is 12.1. The zero-order valence-electron chi connectivity index (χ0n) is 11.1. The molecule has 0 radical (unpaired) electrons. The van der Waals surface area contributed by atoms with Gasteiger partial charge in [0.25, 0.3) is 0 Å². The summed E-state index contributed by atoms with van der Waals surface area (Å²) in [5, 5.41) is 3.87. The van der Waals surface area contributed by atoms with Crippen molar-refractivity contribution >= 4 is 22.4 Å². The van der Waals surface area contributed by atoms with Crippen molar-refractivity contribution in [1.29, 1.82) is 0 Å². The van der Waals surface area contributed by atoms with Gasteiger partial charge >= 0.3 is 6.36 Å². The molecule has 3 aromatic rings. The first-order chi connectivity index (χ1) is 10.5. The molecule has 0 aliphatic heterocycles. The Labute approximate surface area is 123 Å². The number of aromatic nitrogens is 2. The minimum Gasteiger partial charge on any atom is -0.406 e. The molecule has 4 nitrogen and oxygen atoms in total. The molecule has 2 aromatic carbocycles. The van der Waals surface area contributed by atoms with Crippen molar-refractivity contribution in [3.8, 4) is 5.75 Å². The lowest BCUT2D eigenvalue weighted by molar-refractivity contribution is -0.274. The van der Waals surface area contributed by atoms with Gasteiger partial charge < -0.3 is 10.1 Å². The lowest BCUT2D eigenvalue weighted by Crippen LogP contribution is -2.16. The molecule has 1 N–H and O–H groups in total. The molecule has 0 unspecified atom stereocenters. The number of hydrogen-bond acceptors (Lipinski definition) is 4. The van der Waals surface area contributed by atoms with Crippen LogP contribution in [0.1, 0.15) is 0 Å². The number of rotatable bonds is 3. The van der Waals surface area contributed by atoms with E-state index in [2.05, 4.69) is 20.0 Å². The first-order valence-electron chi connectivity index (χ1n) is 6.34. The summed E-state index contributed by atoms with van der Waals surface area (Å²) < 4.78 is 40.1. The van der Waals surface area contributed by atoms with Gasteiger partial charge in [0.1, 0.15) is 17.9 Å². The average molecular weight is 305 g/mol. The zero-order valence-corrected chi connectivity index (χ0v) is 11.1. The largest absolute Gasteiger partial charge is 0.573 e. The van der Waals surface area contributed by atoms with E-state index < -0.39 is 6.36 Å². The van der Waals surface area contributed by atoms with E-state index in [1.807, 2.05) is 24.3 Å². The van der Waals surface area contributed by atoms with Crippen LogP contribution < -0.4 is 10.1 Å². The van der Waals surface area contributed by atoms with E-state index in [1.165, 1.54) is 30.6 Å². The SMILES string of the molecule is FC(F)(F)Oc1ccc(Nc2ncnc3ccccc23)cc1. The fourth-order valence-corrected chi connectivity index (χ4v) is 1.98. The van der Waals surface area contributed by atoms with Crippen molar-refractivity contribution in [2.45, 2.75) is 6.36 Å². The molecule has 0 aliphatic carbocycles. The maximum Gasteiger partial charge on any atom is 0.573 e. The summed E-state index contributed by atoms with van der Waals surface area (Å²) in [6.07, 6.45) is -3.27. The highest BCUT2D eigenvalue weighted by Crippen LogP contribution is 2.26. The molecule has 0 fully saturated rings. The molecule has 0 aliphatic rings. The minimum absolute atomic E-state index is 0.273. The maximum atomic E-state index is 12.1. The molecule has 0 bridgehead atoms. The molecular formula is C15H10F3N3O. The number of halogens is 3. The van der Waals surface area contributed by atoms with Crippen LogP contribution in [0.5, 0.6) is 5.75 Å². The van der Waals surface area contributed by atoms with E-state index in [0.717, 1.165) is 10.9 Å². The van der Waals surface area contributed by atoms with Gasteiger partial charge in [-0.15, -0.1) is 13.2 Å². The summed E-state index contributed by atoms with van der Waals surface area (Å²) in [6, 6.07) is 12.9. The molecule has 3 rings (SSSR count). The van der Waals surface area contributed by atoms with Gasteiger partial charge in [-0.2, -0.15) is 0 Å². The Morgan fingerprint density at radius 3 is 2.36 bits per heavy atom. The van der Waals surface area contributed by atoms with Crippen LogP contribution in [-0.2, 0) is 0 Å². The second kappa shape index (κ2) is 5.51. The molecule has 0 atom stereocenters. The van der Waals surface area contributed by atoms with Crippen molar-refractivity contribution < 1.29 is 17.9 Å². The third kappa shape index (κ3) is 3.25. The van der Waals surface area contributed by atoms with Crippen molar-refractivity contribution in [1.82, 2.24) is 9.97 Å². The van der Waals surface area contributed by atoms with Crippen LogP contribution in [0.15, 0.2) is 54.9 Å². The number of ether oxygens (including phenoxy) is 1. The van der Waals surface area contributed by atoms with E-state index in [0.29, 0.717) is 11.5 Å². The molecule has 22 heavy (non-hydrogen) atoms. The Morgan fingerprint density at radius 2 is 1.64 bits per heavy atom. The fourth-order valence-electron chi connectivity index (χ4n) is 1.98. The minimum atomic E-state index is -4.70. The smallest absolute Gasteiger partial charge is 0.406 e. The summed E-state index contributed by atoms with van der Waals surface area (Å²) in [5.41, 5.74) is 1.37. The molecule has 0 saturated carbocycles. The van der Waals surface area contributed by atoms with Crippen LogP contribution >= 0.6 is 0 Å². The standard InChI is InChI=1S/C15H10F3N3O/c16-15(17,18)22-11-7-5-10(6-8-11)21-14-12-3-1-2-4-13(12)19-9-20-14/h1-9H,(H,19,20,21). The Morgan fingerprint density at radius 1 is 0.909 bits per heavy atom. The molecule has 0 amide bonds. The Hall–Kier alpha value is -2.83. The third-order valence-corrected chi connectivity index (χ3v) is 2.89. The monoisotopic (exact) mass is 305 g/mol. The van der Waals surface area contributed by atoms with E-state index in [9.17, 15) is 13.2 Å². The molecule has 1 aromatic heterocycles. The lowest BCUT2D eigenvalue weighted by Gasteiger charge is -2.11. The van der Waals surface area contributed by atoms with Crippen molar-refractivity contribution in [2.75, 3.05) is 5.32 Å². The van der Waals surface area contributed by atoms with Crippen LogP contribution in [0.4, 0.5) is 24.7 Å². The fraction of sp³-hybridized carbons (Fsp3) is 0.0667. The predicted molar refractivity (Wildman–Crippen MR) is 75.9 cm³/mol. The second-order valence-electron chi connectivity index (χ2n) is 4.44. The Kier molecular flexibility index (Phi) is 3.54. The van der Waals surface area contributed by atoms with Crippen molar-refractivity contribution in [2.24, 2.45) is 0 Å². The highest BCUT2D eigenvalue weighted by molar-refractivity contribution is 5.90. The van der Waals surface area contributed by atoms with Gasteiger partial charge in [0, 0.05) is 11.1 Å². The molecular weight excluding hydrogens is 295 g/mol. The number of para-hydroxylation sites is 1. The molecule has 0 spiro atoms. The summed E-state index contributed by atoms with van der Waals surface area (Å²) in [6.45, 7) is 0.